The van der Waals surface area contributed by atoms with E-state index in [4.69, 9.17) is 0 Å². The fraction of sp³-hybridized carbons (Fsp3) is 0.421. The Kier molecular flexibility index (Phi) is 4.03. The molecule has 0 saturated carbocycles. The van der Waals surface area contributed by atoms with E-state index in [0.29, 0.717) is 13.0 Å². The van der Waals surface area contributed by atoms with Crippen LogP contribution in [0.5, 0.6) is 0 Å². The van der Waals surface area contributed by atoms with Crippen molar-refractivity contribution in [2.45, 2.75) is 38.3 Å². The fourth-order valence-corrected chi connectivity index (χ4v) is 4.05. The van der Waals surface area contributed by atoms with Gasteiger partial charge in [-0.2, -0.15) is 5.10 Å². The Morgan fingerprint density at radius 1 is 1.20 bits per heavy atom. The normalized spacial score (nSPS) is 22.8. The number of carbonyl (C=O) groups excluding carboxylic acids is 2. The van der Waals surface area contributed by atoms with Crippen LogP contribution in [-0.2, 0) is 16.0 Å². The molecule has 2 amide bonds. The molecule has 0 spiro atoms. The number of carbonyl (C=O) groups is 2. The van der Waals surface area contributed by atoms with Crippen LogP contribution in [0.2, 0.25) is 0 Å². The molecule has 130 valence electrons. The summed E-state index contributed by atoms with van der Waals surface area (Å²) in [5, 5.41) is 4.32. The fourth-order valence-electron chi connectivity index (χ4n) is 4.05. The van der Waals surface area contributed by atoms with Crippen molar-refractivity contribution in [2.24, 2.45) is 0 Å². The smallest absolute Gasteiger partial charge is 0.246 e. The van der Waals surface area contributed by atoms with E-state index < -0.39 is 6.04 Å². The zero-order chi connectivity index (χ0) is 17.4. The largest absolute Gasteiger partial charge is 0.339 e. The second-order valence-corrected chi connectivity index (χ2v) is 6.80. The molecular formula is C19H22N4O2. The van der Waals surface area contributed by atoms with Crippen molar-refractivity contribution >= 4 is 17.5 Å². The van der Waals surface area contributed by atoms with Crippen LogP contribution >= 0.6 is 0 Å². The zero-order valence-corrected chi connectivity index (χ0v) is 14.3. The number of fused-ring (bicyclic) bond motifs is 1. The Labute approximate surface area is 147 Å². The summed E-state index contributed by atoms with van der Waals surface area (Å²) in [5.74, 6) is -0.0350. The van der Waals surface area contributed by atoms with Crippen LogP contribution in [0.15, 0.2) is 42.7 Å². The first kappa shape index (κ1) is 15.9. The van der Waals surface area contributed by atoms with E-state index in [-0.39, 0.29) is 17.9 Å². The molecule has 2 aromatic rings. The van der Waals surface area contributed by atoms with Crippen LogP contribution in [0, 0.1) is 0 Å². The molecule has 0 radical (unpaired) electrons. The molecule has 6 heteroatoms. The van der Waals surface area contributed by atoms with Crippen LogP contribution in [0.3, 0.4) is 0 Å². The predicted molar refractivity (Wildman–Crippen MR) is 94.2 cm³/mol. The number of aromatic nitrogens is 2. The highest BCUT2D eigenvalue weighted by Crippen LogP contribution is 2.33. The van der Waals surface area contributed by atoms with Gasteiger partial charge in [0, 0.05) is 44.5 Å². The Morgan fingerprint density at radius 2 is 2.04 bits per heavy atom. The van der Waals surface area contributed by atoms with Crippen LogP contribution in [0.4, 0.5) is 5.69 Å². The van der Waals surface area contributed by atoms with E-state index in [9.17, 15) is 9.59 Å². The molecule has 25 heavy (non-hydrogen) atoms. The Hall–Kier alpha value is -2.63. The highest BCUT2D eigenvalue weighted by atomic mass is 16.2. The van der Waals surface area contributed by atoms with Gasteiger partial charge in [-0.3, -0.25) is 19.2 Å². The Balaban J connectivity index is 1.55. The number of hydrogen-bond acceptors (Lipinski definition) is 3. The second-order valence-electron chi connectivity index (χ2n) is 6.80. The van der Waals surface area contributed by atoms with E-state index in [1.807, 2.05) is 46.1 Å². The highest BCUT2D eigenvalue weighted by Gasteiger charge is 2.40. The van der Waals surface area contributed by atoms with Gasteiger partial charge in [0.05, 0.1) is 6.04 Å². The predicted octanol–water partition coefficient (Wildman–Crippen LogP) is 2.02. The molecule has 1 fully saturated rings. The van der Waals surface area contributed by atoms with E-state index in [0.717, 1.165) is 30.6 Å². The summed E-state index contributed by atoms with van der Waals surface area (Å²) in [4.78, 5) is 29.0. The first-order chi connectivity index (χ1) is 12.1. The molecule has 4 rings (SSSR count). The summed E-state index contributed by atoms with van der Waals surface area (Å²) < 4.78 is 1.94. The first-order valence-corrected chi connectivity index (χ1v) is 8.81. The lowest BCUT2D eigenvalue weighted by atomic mass is 10.0. The maximum Gasteiger partial charge on any atom is 0.246 e. The van der Waals surface area contributed by atoms with Gasteiger partial charge in [-0.15, -0.1) is 0 Å². The molecule has 0 unspecified atom stereocenters. The molecule has 2 aliphatic rings. The van der Waals surface area contributed by atoms with E-state index >= 15 is 0 Å². The average molecular weight is 338 g/mol. The molecule has 2 aliphatic heterocycles. The zero-order valence-electron chi connectivity index (χ0n) is 14.3. The number of likely N-dealkylation sites (tertiary alicyclic amines) is 1. The van der Waals surface area contributed by atoms with Crippen LogP contribution in [0.1, 0.15) is 31.4 Å². The number of benzene rings is 1. The first-order valence-electron chi connectivity index (χ1n) is 8.81. The molecule has 0 N–H and O–H groups in total. The van der Waals surface area contributed by atoms with Gasteiger partial charge in [-0.1, -0.05) is 18.2 Å². The average Bonchev–Trinajstić information content (AvgIpc) is 3.28. The number of anilines is 1. The molecule has 0 bridgehead atoms. The molecule has 0 aliphatic carbocycles. The summed E-state index contributed by atoms with van der Waals surface area (Å²) in [7, 11) is 0. The summed E-state index contributed by atoms with van der Waals surface area (Å²) >= 11 is 0. The van der Waals surface area contributed by atoms with E-state index in [1.165, 1.54) is 6.92 Å². The van der Waals surface area contributed by atoms with Crippen LogP contribution in [0.25, 0.3) is 0 Å². The van der Waals surface area contributed by atoms with Gasteiger partial charge >= 0.3 is 0 Å². The summed E-state index contributed by atoms with van der Waals surface area (Å²) in [6.07, 6.45) is 6.29. The van der Waals surface area contributed by atoms with Gasteiger partial charge in [0.1, 0.15) is 6.04 Å². The van der Waals surface area contributed by atoms with E-state index in [1.54, 1.807) is 11.1 Å². The van der Waals surface area contributed by atoms with Crippen molar-refractivity contribution in [1.29, 1.82) is 0 Å². The quantitative estimate of drug-likeness (QED) is 0.842. The standard InChI is InChI=1S/C19H22N4O2/c1-14(24)23-17-8-3-2-6-15(17)12-18(23)19(25)21-10-4-7-16(13-21)22-11-5-9-20-22/h2-3,5-6,8-9,11,16,18H,4,7,10,12-13H2,1H3/t16-,18+/m1/s1. The third-order valence-electron chi connectivity index (χ3n) is 5.21. The number of amides is 2. The third-order valence-corrected chi connectivity index (χ3v) is 5.21. The highest BCUT2D eigenvalue weighted by molar-refractivity contribution is 6.02. The van der Waals surface area contributed by atoms with Crippen molar-refractivity contribution in [3.05, 3.63) is 48.3 Å². The van der Waals surface area contributed by atoms with Crippen molar-refractivity contribution < 1.29 is 9.59 Å². The van der Waals surface area contributed by atoms with Crippen LogP contribution in [-0.4, -0.2) is 45.6 Å². The lowest BCUT2D eigenvalue weighted by Crippen LogP contribution is -2.52. The summed E-state index contributed by atoms with van der Waals surface area (Å²) in [6, 6.07) is 9.49. The maximum atomic E-state index is 13.2. The lowest BCUT2D eigenvalue weighted by Gasteiger charge is -2.36. The Morgan fingerprint density at radius 3 is 2.80 bits per heavy atom. The number of para-hydroxylation sites is 1. The maximum absolute atomic E-state index is 13.2. The minimum atomic E-state index is -0.425. The number of nitrogens with zero attached hydrogens (tertiary/aromatic N) is 4. The summed E-state index contributed by atoms with van der Waals surface area (Å²) in [5.41, 5.74) is 1.94. The van der Waals surface area contributed by atoms with Gasteiger partial charge < -0.3 is 4.90 Å². The molecule has 3 heterocycles. The third kappa shape index (κ3) is 2.81. The molecular weight excluding hydrogens is 316 g/mol. The number of piperidine rings is 1. The topological polar surface area (TPSA) is 58.4 Å². The second kappa shape index (κ2) is 6.35. The number of rotatable bonds is 2. The number of hydrogen-bond donors (Lipinski definition) is 0. The Bertz CT molecular complexity index is 786. The molecule has 2 atom stereocenters. The molecule has 6 nitrogen and oxygen atoms in total. The SMILES string of the molecule is CC(=O)N1c2ccccc2C[C@H]1C(=O)N1CCC[C@@H](n2cccn2)C1. The van der Waals surface area contributed by atoms with Crippen molar-refractivity contribution in [2.75, 3.05) is 18.0 Å². The minimum Gasteiger partial charge on any atom is -0.339 e. The summed E-state index contributed by atoms with van der Waals surface area (Å²) in [6.45, 7) is 2.93. The van der Waals surface area contributed by atoms with Gasteiger partial charge in [0.2, 0.25) is 11.8 Å². The van der Waals surface area contributed by atoms with Gasteiger partial charge in [-0.05, 0) is 30.5 Å². The van der Waals surface area contributed by atoms with E-state index in [2.05, 4.69) is 5.10 Å². The van der Waals surface area contributed by atoms with Crippen molar-refractivity contribution in [1.82, 2.24) is 14.7 Å². The van der Waals surface area contributed by atoms with Crippen LogP contribution < -0.4 is 4.90 Å². The molecule has 1 aromatic heterocycles. The molecule has 1 saturated heterocycles. The van der Waals surface area contributed by atoms with Crippen molar-refractivity contribution in [3.63, 3.8) is 0 Å². The van der Waals surface area contributed by atoms with Gasteiger partial charge in [0.15, 0.2) is 0 Å². The molecule has 1 aromatic carbocycles. The minimum absolute atomic E-state index is 0.0447. The van der Waals surface area contributed by atoms with Gasteiger partial charge in [-0.25, -0.2) is 0 Å². The van der Waals surface area contributed by atoms with Gasteiger partial charge in [0.25, 0.3) is 0 Å². The van der Waals surface area contributed by atoms with Crippen molar-refractivity contribution in [3.8, 4) is 0 Å². The monoisotopic (exact) mass is 338 g/mol. The lowest BCUT2D eigenvalue weighted by molar-refractivity contribution is -0.135.